The van der Waals surface area contributed by atoms with E-state index in [9.17, 15) is 19.1 Å². The third-order valence-electron chi connectivity index (χ3n) is 5.31. The third kappa shape index (κ3) is 4.19. The Balaban J connectivity index is 1.39. The average molecular weight is 430 g/mol. The van der Waals surface area contributed by atoms with E-state index in [1.807, 2.05) is 0 Å². The minimum Gasteiger partial charge on any atom is -0.486 e. The second-order valence-corrected chi connectivity index (χ2v) is 7.59. The number of carbonyl (C=O) groups is 2. The fourth-order valence-electron chi connectivity index (χ4n) is 3.60. The van der Waals surface area contributed by atoms with Crippen LogP contribution in [0.5, 0.6) is 11.5 Å². The number of carbonyl (C=O) groups excluding carboxylic acids is 2. The molecule has 1 saturated heterocycles. The van der Waals surface area contributed by atoms with Crippen molar-refractivity contribution in [2.75, 3.05) is 26.4 Å². The van der Waals surface area contributed by atoms with E-state index in [1.165, 1.54) is 6.07 Å². The molecule has 0 aliphatic carbocycles. The number of hydrogen-bond acceptors (Lipinski definition) is 6. The zero-order valence-corrected chi connectivity index (χ0v) is 17.0. The normalized spacial score (nSPS) is 21.2. The van der Waals surface area contributed by atoms with Crippen LogP contribution in [-0.4, -0.2) is 54.4 Å². The van der Waals surface area contributed by atoms with Gasteiger partial charge in [-0.15, -0.1) is 0 Å². The van der Waals surface area contributed by atoms with E-state index in [4.69, 9.17) is 14.2 Å². The zero-order valence-electron chi connectivity index (χ0n) is 17.0. The summed E-state index contributed by atoms with van der Waals surface area (Å²) in [4.78, 5) is 26.5. The minimum absolute atomic E-state index is 0.0290. The van der Waals surface area contributed by atoms with Gasteiger partial charge in [-0.3, -0.25) is 9.69 Å². The maximum atomic E-state index is 13.6. The number of amides is 3. The average Bonchev–Trinajstić information content (AvgIpc) is 2.98. The van der Waals surface area contributed by atoms with Crippen LogP contribution in [0.25, 0.3) is 0 Å². The molecule has 0 radical (unpaired) electrons. The van der Waals surface area contributed by atoms with Crippen molar-refractivity contribution in [3.05, 3.63) is 59.4 Å². The second kappa shape index (κ2) is 8.52. The highest BCUT2D eigenvalue weighted by Crippen LogP contribution is 2.36. The quantitative estimate of drug-likeness (QED) is 0.652. The van der Waals surface area contributed by atoms with E-state index in [-0.39, 0.29) is 19.8 Å². The monoisotopic (exact) mass is 430 g/mol. The van der Waals surface area contributed by atoms with Crippen molar-refractivity contribution >= 4 is 11.9 Å². The number of halogens is 1. The van der Waals surface area contributed by atoms with Gasteiger partial charge < -0.3 is 24.6 Å². The number of benzene rings is 2. The van der Waals surface area contributed by atoms with Crippen LogP contribution in [0, 0.1) is 5.82 Å². The third-order valence-corrected chi connectivity index (χ3v) is 5.31. The molecule has 164 valence electrons. The van der Waals surface area contributed by atoms with Gasteiger partial charge in [0, 0.05) is 5.56 Å². The van der Waals surface area contributed by atoms with Crippen LogP contribution in [0.3, 0.4) is 0 Å². The summed E-state index contributed by atoms with van der Waals surface area (Å²) in [7, 11) is 0. The van der Waals surface area contributed by atoms with Gasteiger partial charge in [-0.05, 0) is 30.7 Å². The molecule has 0 spiro atoms. The first-order chi connectivity index (χ1) is 14.9. The van der Waals surface area contributed by atoms with E-state index in [0.29, 0.717) is 35.8 Å². The number of imide groups is 1. The lowest BCUT2D eigenvalue weighted by Crippen LogP contribution is -2.42. The van der Waals surface area contributed by atoms with Gasteiger partial charge in [0.1, 0.15) is 24.6 Å². The summed E-state index contributed by atoms with van der Waals surface area (Å²) in [6, 6.07) is 10.6. The van der Waals surface area contributed by atoms with Gasteiger partial charge in [0.05, 0.1) is 25.9 Å². The molecule has 3 amide bonds. The van der Waals surface area contributed by atoms with E-state index in [2.05, 4.69) is 5.32 Å². The molecule has 8 nitrogen and oxygen atoms in total. The van der Waals surface area contributed by atoms with E-state index >= 15 is 0 Å². The Morgan fingerprint density at radius 1 is 1.19 bits per heavy atom. The van der Waals surface area contributed by atoms with Crippen molar-refractivity contribution in [1.82, 2.24) is 10.2 Å². The molecule has 2 atom stereocenters. The Labute approximate surface area is 178 Å². The van der Waals surface area contributed by atoms with Crippen LogP contribution in [0.15, 0.2) is 42.5 Å². The Hall–Kier alpha value is -3.17. The van der Waals surface area contributed by atoms with Crippen LogP contribution in [-0.2, 0) is 21.7 Å². The van der Waals surface area contributed by atoms with E-state index < -0.39 is 29.4 Å². The van der Waals surface area contributed by atoms with Crippen molar-refractivity contribution in [3.8, 4) is 11.5 Å². The summed E-state index contributed by atoms with van der Waals surface area (Å²) in [6.45, 7) is 2.01. The molecule has 2 aliphatic rings. The molecule has 0 saturated carbocycles. The molecule has 2 aliphatic heterocycles. The summed E-state index contributed by atoms with van der Waals surface area (Å²) in [5, 5.41) is 12.9. The number of rotatable bonds is 7. The van der Waals surface area contributed by atoms with Crippen LogP contribution < -0.4 is 14.8 Å². The Bertz CT molecular complexity index is 1000. The molecule has 2 N–H and O–H groups in total. The lowest BCUT2D eigenvalue weighted by Gasteiger charge is -2.25. The molecule has 2 aromatic carbocycles. The standard InChI is InChI=1S/C22H23FN2O6/c1-22(15-6-7-18-19(10-15)31-9-8-30-18)20(27)25(21(28)24-22)11-16(26)13-29-12-14-4-2-3-5-17(14)23/h2-7,10,16,26H,8-9,11-13H2,1H3,(H,24,28). The SMILES string of the molecule is CC1(c2ccc3c(c2)OCCO3)NC(=O)N(CC(O)COCc2ccccc2F)C1=O. The van der Waals surface area contributed by atoms with Gasteiger partial charge in [0.25, 0.3) is 5.91 Å². The maximum Gasteiger partial charge on any atom is 0.325 e. The number of hydrogen-bond donors (Lipinski definition) is 2. The number of nitrogens with zero attached hydrogens (tertiary/aromatic N) is 1. The van der Waals surface area contributed by atoms with Crippen LogP contribution in [0.2, 0.25) is 0 Å². The number of aliphatic hydroxyl groups excluding tert-OH is 1. The largest absolute Gasteiger partial charge is 0.486 e. The molecule has 0 bridgehead atoms. The summed E-state index contributed by atoms with van der Waals surface area (Å²) < 4.78 is 30.0. The van der Waals surface area contributed by atoms with Crippen molar-refractivity contribution in [2.45, 2.75) is 25.2 Å². The van der Waals surface area contributed by atoms with Crippen molar-refractivity contribution < 1.29 is 33.3 Å². The van der Waals surface area contributed by atoms with Gasteiger partial charge in [0.2, 0.25) is 0 Å². The fraction of sp³-hybridized carbons (Fsp3) is 0.364. The lowest BCUT2D eigenvalue weighted by molar-refractivity contribution is -0.132. The molecule has 1 fully saturated rings. The first-order valence-corrected chi connectivity index (χ1v) is 9.92. The number of fused-ring (bicyclic) bond motifs is 1. The van der Waals surface area contributed by atoms with Gasteiger partial charge >= 0.3 is 6.03 Å². The summed E-state index contributed by atoms with van der Waals surface area (Å²) in [5.41, 5.74) is -0.403. The predicted molar refractivity (Wildman–Crippen MR) is 107 cm³/mol. The fourth-order valence-corrected chi connectivity index (χ4v) is 3.60. The lowest BCUT2D eigenvalue weighted by atomic mass is 9.91. The first-order valence-electron chi connectivity index (χ1n) is 9.92. The molecular weight excluding hydrogens is 407 g/mol. The topological polar surface area (TPSA) is 97.3 Å². The predicted octanol–water partition coefficient (Wildman–Crippen LogP) is 1.94. The minimum atomic E-state index is -1.30. The molecule has 0 aromatic heterocycles. The first kappa shape index (κ1) is 21.1. The Morgan fingerprint density at radius 3 is 2.71 bits per heavy atom. The molecule has 2 aromatic rings. The highest BCUT2D eigenvalue weighted by molar-refractivity contribution is 6.07. The molecular formula is C22H23FN2O6. The molecule has 4 rings (SSSR count). The maximum absolute atomic E-state index is 13.6. The van der Waals surface area contributed by atoms with Crippen LogP contribution in [0.4, 0.5) is 9.18 Å². The number of urea groups is 1. The smallest absolute Gasteiger partial charge is 0.325 e. The van der Waals surface area contributed by atoms with Crippen molar-refractivity contribution in [2.24, 2.45) is 0 Å². The Morgan fingerprint density at radius 2 is 1.94 bits per heavy atom. The van der Waals surface area contributed by atoms with Crippen LogP contribution >= 0.6 is 0 Å². The summed E-state index contributed by atoms with van der Waals surface area (Å²) >= 11 is 0. The zero-order chi connectivity index (χ0) is 22.0. The molecule has 31 heavy (non-hydrogen) atoms. The van der Waals surface area contributed by atoms with Crippen molar-refractivity contribution in [3.63, 3.8) is 0 Å². The van der Waals surface area contributed by atoms with Gasteiger partial charge in [0.15, 0.2) is 11.5 Å². The Kier molecular flexibility index (Phi) is 5.79. The number of aliphatic hydroxyl groups is 1. The highest BCUT2D eigenvalue weighted by Gasteiger charge is 2.49. The molecule has 2 unspecified atom stereocenters. The highest BCUT2D eigenvalue weighted by atomic mass is 19.1. The number of ether oxygens (including phenoxy) is 3. The second-order valence-electron chi connectivity index (χ2n) is 7.59. The molecule has 9 heteroatoms. The van der Waals surface area contributed by atoms with Gasteiger partial charge in [-0.1, -0.05) is 24.3 Å². The van der Waals surface area contributed by atoms with E-state index in [1.54, 1.807) is 43.3 Å². The number of β-amino-alcohol motifs (C(OH)–C–C–N with tert-alkyl or cyclic N) is 1. The van der Waals surface area contributed by atoms with Gasteiger partial charge in [-0.25, -0.2) is 9.18 Å². The number of nitrogens with one attached hydrogen (secondary N) is 1. The van der Waals surface area contributed by atoms with Gasteiger partial charge in [-0.2, -0.15) is 0 Å². The summed E-state index contributed by atoms with van der Waals surface area (Å²) in [6.07, 6.45) is -1.12. The van der Waals surface area contributed by atoms with Crippen LogP contribution in [0.1, 0.15) is 18.1 Å². The van der Waals surface area contributed by atoms with Crippen molar-refractivity contribution in [1.29, 1.82) is 0 Å². The summed E-state index contributed by atoms with van der Waals surface area (Å²) in [5.74, 6) is 0.185. The molecule has 2 heterocycles. The van der Waals surface area contributed by atoms with E-state index in [0.717, 1.165) is 4.90 Å².